The minimum Gasteiger partial charge on any atom is -0.480 e. The zero-order valence-corrected chi connectivity index (χ0v) is 36.4. The Morgan fingerprint density at radius 2 is 1.74 bits per heavy atom. The maximum atomic E-state index is 14.0. The van der Waals surface area contributed by atoms with Crippen LogP contribution >= 0.6 is 11.6 Å². The van der Waals surface area contributed by atoms with Crippen LogP contribution in [0.4, 0.5) is 15.3 Å². The number of aromatic nitrogens is 1. The summed E-state index contributed by atoms with van der Waals surface area (Å²) in [6.45, 7) is 9.24. The van der Waals surface area contributed by atoms with E-state index in [0.717, 1.165) is 44.9 Å². The fourth-order valence-electron chi connectivity index (χ4n) is 7.53. The number of halogens is 1. The number of nitrogens with zero attached hydrogens (tertiary/aromatic N) is 2. The van der Waals surface area contributed by atoms with Gasteiger partial charge in [-0.1, -0.05) is 55.5 Å². The van der Waals surface area contributed by atoms with E-state index in [-0.39, 0.29) is 48.4 Å². The molecule has 5 rings (SSSR count). The number of sulfonamides is 1. The largest absolute Gasteiger partial charge is 0.480 e. The molecule has 19 heteroatoms. The first-order valence-electron chi connectivity index (χ1n) is 20.7. The Kier molecular flexibility index (Phi) is 15.9. The number of carboxylic acids is 1. The molecule has 0 unspecified atom stereocenters. The summed E-state index contributed by atoms with van der Waals surface area (Å²) in [7, 11) is -4.45. The van der Waals surface area contributed by atoms with E-state index in [2.05, 4.69) is 32.2 Å². The number of carbonyl (C=O) groups is 5. The topological polar surface area (TPSA) is 232 Å². The molecule has 2 aliphatic carbocycles. The Hall–Kier alpha value is -5.10. The molecule has 334 valence electrons. The number of alkyl carbamates (subject to hydrolysis) is 1. The maximum absolute atomic E-state index is 14.0. The molecule has 1 saturated heterocycles. The number of nitrogens with one attached hydrogen (secondary N) is 4. The Morgan fingerprint density at radius 3 is 2.39 bits per heavy atom. The molecule has 0 spiro atoms. The van der Waals surface area contributed by atoms with Crippen LogP contribution in [0.1, 0.15) is 97.8 Å². The fraction of sp³-hybridized carbons (Fsp3) is 0.571. The van der Waals surface area contributed by atoms with Gasteiger partial charge in [0.1, 0.15) is 40.3 Å². The van der Waals surface area contributed by atoms with Gasteiger partial charge in [0.2, 0.25) is 11.8 Å². The average Bonchev–Trinajstić information content (AvgIpc) is 3.45. The summed E-state index contributed by atoms with van der Waals surface area (Å²) in [5.74, 6) is -3.12. The van der Waals surface area contributed by atoms with E-state index < -0.39 is 75.2 Å². The first kappa shape index (κ1) is 47.0. The zero-order chi connectivity index (χ0) is 44.4. The lowest BCUT2D eigenvalue weighted by atomic mass is 10.1. The van der Waals surface area contributed by atoms with Crippen LogP contribution in [0.3, 0.4) is 0 Å². The van der Waals surface area contributed by atoms with E-state index in [9.17, 15) is 37.5 Å². The van der Waals surface area contributed by atoms with Crippen LogP contribution in [-0.2, 0) is 33.9 Å². The molecule has 5 N–H and O–H groups in total. The Morgan fingerprint density at radius 1 is 1.03 bits per heavy atom. The number of unbranched alkanes of at least 4 members (excludes halogenated alkanes) is 4. The van der Waals surface area contributed by atoms with Crippen LogP contribution in [0.5, 0.6) is 5.88 Å². The van der Waals surface area contributed by atoms with Gasteiger partial charge in [-0.2, -0.15) is 0 Å². The van der Waals surface area contributed by atoms with Gasteiger partial charge in [-0.15, -0.1) is 6.58 Å². The lowest BCUT2D eigenvalue weighted by molar-refractivity contribution is -0.139. The number of hydrogen-bond donors (Lipinski definition) is 5. The van der Waals surface area contributed by atoms with Crippen LogP contribution in [0, 0.1) is 5.92 Å². The van der Waals surface area contributed by atoms with E-state index in [0.29, 0.717) is 24.4 Å². The van der Waals surface area contributed by atoms with Crippen LogP contribution in [0.15, 0.2) is 60.1 Å². The van der Waals surface area contributed by atoms with E-state index in [1.54, 1.807) is 45.0 Å². The molecule has 61 heavy (non-hydrogen) atoms. The first-order chi connectivity index (χ1) is 28.9. The quantitative estimate of drug-likeness (QED) is 0.0768. The van der Waals surface area contributed by atoms with Crippen LogP contribution in [-0.4, -0.2) is 102 Å². The molecule has 17 nitrogen and oxygen atoms in total. The number of anilines is 1. The van der Waals surface area contributed by atoms with Crippen molar-refractivity contribution in [2.75, 3.05) is 18.4 Å². The highest BCUT2D eigenvalue weighted by Gasteiger charge is 2.61. The highest BCUT2D eigenvalue weighted by molar-refractivity contribution is 7.90. The number of aliphatic carboxylic acids is 1. The summed E-state index contributed by atoms with van der Waals surface area (Å²) >= 11 is 5.96. The van der Waals surface area contributed by atoms with Gasteiger partial charge in [0.05, 0.1) is 17.3 Å². The number of hydrogen-bond acceptors (Lipinski definition) is 12. The normalized spacial score (nSPS) is 21.8. The van der Waals surface area contributed by atoms with Crippen LogP contribution in [0.25, 0.3) is 0 Å². The van der Waals surface area contributed by atoms with Gasteiger partial charge in [-0.05, 0) is 83.9 Å². The summed E-state index contributed by atoms with van der Waals surface area (Å²) in [6.07, 6.45) is 8.09. The van der Waals surface area contributed by atoms with Crippen molar-refractivity contribution in [2.45, 2.75) is 138 Å². The monoisotopic (exact) mass is 888 g/mol. The van der Waals surface area contributed by atoms with Crippen molar-refractivity contribution >= 4 is 57.3 Å². The molecule has 1 aromatic carbocycles. The molecule has 3 fully saturated rings. The van der Waals surface area contributed by atoms with Crippen molar-refractivity contribution in [3.8, 4) is 5.88 Å². The Labute approximate surface area is 361 Å². The number of carboxylic acid groups (broad SMARTS) is 1. The third-order valence-corrected chi connectivity index (χ3v) is 12.4. The van der Waals surface area contributed by atoms with Crippen molar-refractivity contribution in [2.24, 2.45) is 5.92 Å². The van der Waals surface area contributed by atoms with Gasteiger partial charge in [0.25, 0.3) is 15.9 Å². The number of carbonyl (C=O) groups excluding carboxylic acids is 4. The third kappa shape index (κ3) is 13.2. The minimum atomic E-state index is -4.45. The number of para-hydroxylation sites is 1. The predicted octanol–water partition coefficient (Wildman–Crippen LogP) is 5.93. The maximum Gasteiger partial charge on any atom is 0.411 e. The van der Waals surface area contributed by atoms with Gasteiger partial charge in [0, 0.05) is 31.1 Å². The highest BCUT2D eigenvalue weighted by atomic mass is 35.5. The van der Waals surface area contributed by atoms with Crippen molar-refractivity contribution in [3.05, 3.63) is 60.3 Å². The lowest BCUT2D eigenvalue weighted by Crippen LogP contribution is -2.56. The fourth-order valence-corrected chi connectivity index (χ4v) is 8.86. The van der Waals surface area contributed by atoms with E-state index >= 15 is 0 Å². The van der Waals surface area contributed by atoms with Crippen LogP contribution in [0.2, 0.25) is 5.02 Å². The van der Waals surface area contributed by atoms with Crippen molar-refractivity contribution < 1.29 is 51.7 Å². The van der Waals surface area contributed by atoms with Crippen molar-refractivity contribution in [1.82, 2.24) is 25.2 Å². The van der Waals surface area contributed by atoms with Crippen LogP contribution < -0.4 is 25.4 Å². The van der Waals surface area contributed by atoms with E-state index in [1.807, 2.05) is 0 Å². The molecule has 2 heterocycles. The van der Waals surface area contributed by atoms with Gasteiger partial charge in [-0.25, -0.2) is 32.5 Å². The number of amides is 4. The smallest absolute Gasteiger partial charge is 0.411 e. The molecule has 4 amide bonds. The molecule has 2 aromatic rings. The summed E-state index contributed by atoms with van der Waals surface area (Å²) in [5, 5.41) is 18.3. The molecule has 1 aliphatic heterocycles. The molecule has 1 aromatic heterocycles. The predicted molar refractivity (Wildman–Crippen MR) is 225 cm³/mol. The standard InChI is InChI=1S/C42H57ClN6O11S/c1-5-27-24-42(27,47-36(50)33-23-30(58-35-21-20-28(43)25-45-35)26-49(33)40(55)60-41(2,3)4)38(53)48-61(56,57)34-19-13-12-17-31(34)44-22-14-8-6-7-9-18-32(37(51)52)46-39(54)59-29-15-10-11-16-29/h5,12-13,17,19-21,25,27,29-30,32-33,44H,1,6-11,14-16,18,22-24,26H2,2-4H3,(H,46,54)(H,47,50)(H,48,53)(H,51,52)/t27-,30-,32+,33+,42-/m1/s1. The summed E-state index contributed by atoms with van der Waals surface area (Å²) in [4.78, 5) is 70.2. The molecule has 5 atom stereocenters. The van der Waals surface area contributed by atoms with Gasteiger partial charge in [0.15, 0.2) is 0 Å². The molecular formula is C42H57ClN6O11S. The second-order valence-electron chi connectivity index (χ2n) is 16.7. The van der Waals surface area contributed by atoms with Gasteiger partial charge < -0.3 is 35.3 Å². The van der Waals surface area contributed by atoms with Crippen molar-refractivity contribution in [3.63, 3.8) is 0 Å². The zero-order valence-electron chi connectivity index (χ0n) is 34.8. The lowest BCUT2D eigenvalue weighted by Gasteiger charge is -2.29. The van der Waals surface area contributed by atoms with E-state index in [4.69, 9.17) is 25.8 Å². The van der Waals surface area contributed by atoms with Gasteiger partial charge in [-0.3, -0.25) is 14.5 Å². The molecule has 0 radical (unpaired) electrons. The van der Waals surface area contributed by atoms with Crippen molar-refractivity contribution in [1.29, 1.82) is 0 Å². The molecule has 2 saturated carbocycles. The number of benzene rings is 1. The molecule has 3 aliphatic rings. The summed E-state index contributed by atoms with van der Waals surface area (Å²) in [5.41, 5.74) is -2.25. The Balaban J connectivity index is 1.13. The highest BCUT2D eigenvalue weighted by Crippen LogP contribution is 2.45. The molecule has 0 bridgehead atoms. The summed E-state index contributed by atoms with van der Waals surface area (Å²) in [6, 6.07) is 7.13. The third-order valence-electron chi connectivity index (χ3n) is 10.8. The number of pyridine rings is 1. The Bertz CT molecular complexity index is 2010. The molecular weight excluding hydrogens is 832 g/mol. The second kappa shape index (κ2) is 20.6. The minimum absolute atomic E-state index is 0.0237. The number of ether oxygens (including phenoxy) is 3. The second-order valence-corrected chi connectivity index (χ2v) is 18.8. The first-order valence-corrected chi connectivity index (χ1v) is 22.6. The SMILES string of the molecule is C=C[C@@H]1C[C@]1(NC(=O)[C@@H]1C[C@@H](Oc2ccc(Cl)cn2)CN1C(=O)OC(C)(C)C)C(=O)NS(=O)(=O)c1ccccc1NCCCCCCC[C@H](NC(=O)OC1CCCC1)C(=O)O. The average molecular weight is 889 g/mol. The van der Waals surface area contributed by atoms with E-state index in [1.165, 1.54) is 29.3 Å². The summed E-state index contributed by atoms with van der Waals surface area (Å²) < 4.78 is 46.6. The number of likely N-dealkylation sites (tertiary alicyclic amines) is 1. The van der Waals surface area contributed by atoms with Gasteiger partial charge >= 0.3 is 18.2 Å². The number of rotatable bonds is 20.